The summed E-state index contributed by atoms with van der Waals surface area (Å²) in [5.74, 6) is -0.804. The molecule has 0 radical (unpaired) electrons. The molecule has 0 saturated heterocycles. The van der Waals surface area contributed by atoms with Crippen molar-refractivity contribution in [1.29, 1.82) is 0 Å². The van der Waals surface area contributed by atoms with E-state index in [1.54, 1.807) is 0 Å². The lowest BCUT2D eigenvalue weighted by atomic mass is 10.0. The smallest absolute Gasteiger partial charge is 0.462 e. The molecular formula is C56H105NO8P+. The Morgan fingerprint density at radius 2 is 0.818 bits per heavy atom. The number of phosphoric acid groups is 1. The van der Waals surface area contributed by atoms with Crippen LogP contribution in [-0.2, 0) is 32.7 Å². The van der Waals surface area contributed by atoms with E-state index in [1.807, 2.05) is 21.1 Å². The molecule has 10 heteroatoms. The maximum absolute atomic E-state index is 12.8. The van der Waals surface area contributed by atoms with Gasteiger partial charge < -0.3 is 18.9 Å². The molecule has 0 aliphatic rings. The fourth-order valence-corrected chi connectivity index (χ4v) is 8.29. The molecule has 0 amide bonds. The van der Waals surface area contributed by atoms with Crippen molar-refractivity contribution in [2.24, 2.45) is 0 Å². The number of nitrogens with zero attached hydrogens (tertiary/aromatic N) is 1. The van der Waals surface area contributed by atoms with Crippen molar-refractivity contribution in [2.75, 3.05) is 47.5 Å². The summed E-state index contributed by atoms with van der Waals surface area (Å²) < 4.78 is 34.5. The van der Waals surface area contributed by atoms with Gasteiger partial charge in [0.15, 0.2) is 6.10 Å². The van der Waals surface area contributed by atoms with Gasteiger partial charge in [-0.05, 0) is 77.0 Å². The normalized spacial score (nSPS) is 13.7. The van der Waals surface area contributed by atoms with Crippen LogP contribution in [0.2, 0.25) is 0 Å². The molecule has 0 aromatic carbocycles. The summed E-state index contributed by atoms with van der Waals surface area (Å²) in [4.78, 5) is 35.5. The highest BCUT2D eigenvalue weighted by molar-refractivity contribution is 7.47. The number of unbranched alkanes of at least 4 members (excludes halogenated alkanes) is 28. The zero-order valence-corrected chi connectivity index (χ0v) is 44.6. The average molecular weight is 951 g/mol. The zero-order chi connectivity index (χ0) is 48.5. The molecule has 2 unspecified atom stereocenters. The van der Waals surface area contributed by atoms with E-state index < -0.39 is 26.5 Å². The third-order valence-corrected chi connectivity index (χ3v) is 12.8. The van der Waals surface area contributed by atoms with Gasteiger partial charge in [-0.25, -0.2) is 4.57 Å². The lowest BCUT2D eigenvalue weighted by Crippen LogP contribution is -2.37. The average Bonchev–Trinajstić information content (AvgIpc) is 3.27. The van der Waals surface area contributed by atoms with Crippen LogP contribution in [0.5, 0.6) is 0 Å². The molecule has 0 aromatic heterocycles. The van der Waals surface area contributed by atoms with Gasteiger partial charge >= 0.3 is 19.8 Å². The lowest BCUT2D eigenvalue weighted by Gasteiger charge is -2.24. The molecule has 2 atom stereocenters. The van der Waals surface area contributed by atoms with Crippen molar-refractivity contribution in [3.05, 3.63) is 48.6 Å². The Morgan fingerprint density at radius 3 is 1.24 bits per heavy atom. The van der Waals surface area contributed by atoms with E-state index in [9.17, 15) is 19.0 Å². The minimum atomic E-state index is -4.38. The van der Waals surface area contributed by atoms with E-state index in [1.165, 1.54) is 148 Å². The molecule has 0 spiro atoms. The monoisotopic (exact) mass is 951 g/mol. The Hall–Kier alpha value is -2.03. The molecule has 386 valence electrons. The highest BCUT2D eigenvalue weighted by Gasteiger charge is 2.27. The predicted molar refractivity (Wildman–Crippen MR) is 280 cm³/mol. The highest BCUT2D eigenvalue weighted by atomic mass is 31.2. The minimum Gasteiger partial charge on any atom is -0.462 e. The molecule has 66 heavy (non-hydrogen) atoms. The summed E-state index contributed by atoms with van der Waals surface area (Å²) in [6, 6.07) is 0. The van der Waals surface area contributed by atoms with Crippen LogP contribution in [0, 0.1) is 0 Å². The third-order valence-electron chi connectivity index (χ3n) is 11.8. The van der Waals surface area contributed by atoms with Crippen molar-refractivity contribution in [2.45, 2.75) is 251 Å². The van der Waals surface area contributed by atoms with Crippen molar-refractivity contribution >= 4 is 19.8 Å². The maximum atomic E-state index is 12.8. The van der Waals surface area contributed by atoms with Crippen LogP contribution < -0.4 is 0 Å². The molecule has 1 N–H and O–H groups in total. The van der Waals surface area contributed by atoms with Gasteiger partial charge in [-0.2, -0.15) is 0 Å². The zero-order valence-electron chi connectivity index (χ0n) is 43.7. The van der Waals surface area contributed by atoms with Gasteiger partial charge in [0, 0.05) is 12.8 Å². The molecule has 9 nitrogen and oxygen atoms in total. The van der Waals surface area contributed by atoms with Crippen molar-refractivity contribution < 1.29 is 42.1 Å². The number of quaternary nitrogens is 1. The van der Waals surface area contributed by atoms with Gasteiger partial charge in [0.25, 0.3) is 0 Å². The number of hydrogen-bond donors (Lipinski definition) is 1. The molecule has 0 rings (SSSR count). The Labute approximate surface area is 407 Å². The van der Waals surface area contributed by atoms with Gasteiger partial charge in [0.2, 0.25) is 0 Å². The molecule has 0 heterocycles. The van der Waals surface area contributed by atoms with E-state index in [4.69, 9.17) is 18.5 Å². The molecule has 0 aliphatic carbocycles. The van der Waals surface area contributed by atoms with E-state index in [2.05, 4.69) is 62.5 Å². The Balaban J connectivity index is 4.11. The number of carbonyl (C=O) groups excluding carboxylic acids is 2. The van der Waals surface area contributed by atoms with E-state index in [0.29, 0.717) is 17.4 Å². The van der Waals surface area contributed by atoms with Gasteiger partial charge in [-0.1, -0.05) is 204 Å². The van der Waals surface area contributed by atoms with Gasteiger partial charge in [0.1, 0.15) is 19.8 Å². The SMILES string of the molecule is CCCCCC/C=C\CCCCCCCC(=O)OCC(COP(=O)(O)OCC[N+](C)(C)C)OC(=O)CCCCCCCCCCCCCCCC/C=C\C/C=C\C/C=C\CCCCCCC. The topological polar surface area (TPSA) is 108 Å². The Morgan fingerprint density at radius 1 is 0.470 bits per heavy atom. The second-order valence-corrected chi connectivity index (χ2v) is 21.1. The predicted octanol–water partition coefficient (Wildman–Crippen LogP) is 16.6. The molecule has 0 fully saturated rings. The number of ether oxygens (including phenoxy) is 2. The van der Waals surface area contributed by atoms with Crippen LogP contribution in [0.15, 0.2) is 48.6 Å². The number of carbonyl (C=O) groups is 2. The third kappa shape index (κ3) is 51.4. The standard InChI is InChI=1S/C56H104NO8P/c1-6-8-10-12-14-16-18-20-21-22-23-24-25-26-27-28-29-30-31-32-33-34-35-37-39-41-43-45-47-49-56(59)65-54(53-64-66(60,61)63-51-50-57(3,4)5)52-62-55(58)48-46-44-42-40-38-36-19-17-15-13-11-9-7-2/h17-20,22-23,25-26,54H,6-16,21,24,27-53H2,1-5H3/p+1/b19-17-,20-18-,23-22-,26-25-. The van der Waals surface area contributed by atoms with Gasteiger partial charge in [0.05, 0.1) is 27.7 Å². The molecule has 0 aliphatic heterocycles. The van der Waals surface area contributed by atoms with E-state index >= 15 is 0 Å². The Kier molecular flexibility index (Phi) is 46.5. The highest BCUT2D eigenvalue weighted by Crippen LogP contribution is 2.43. The van der Waals surface area contributed by atoms with Crippen LogP contribution in [0.1, 0.15) is 245 Å². The first-order valence-corrected chi connectivity index (χ1v) is 28.9. The summed E-state index contributed by atoms with van der Waals surface area (Å²) >= 11 is 0. The summed E-state index contributed by atoms with van der Waals surface area (Å²) in [6.45, 7) is 4.41. The molecular weight excluding hydrogens is 846 g/mol. The second kappa shape index (κ2) is 48.0. The second-order valence-electron chi connectivity index (χ2n) is 19.6. The quantitative estimate of drug-likeness (QED) is 0.0211. The summed E-state index contributed by atoms with van der Waals surface area (Å²) in [5, 5.41) is 0. The minimum absolute atomic E-state index is 0.0302. The number of esters is 2. The fraction of sp³-hybridized carbons (Fsp3) is 0.821. The molecule has 0 aromatic rings. The number of phosphoric ester groups is 1. The van der Waals surface area contributed by atoms with Gasteiger partial charge in [-0.3, -0.25) is 18.6 Å². The van der Waals surface area contributed by atoms with E-state index in [0.717, 1.165) is 64.2 Å². The first kappa shape index (κ1) is 64.0. The Bertz CT molecular complexity index is 1260. The first-order valence-electron chi connectivity index (χ1n) is 27.4. The van der Waals surface area contributed by atoms with Gasteiger partial charge in [-0.15, -0.1) is 0 Å². The lowest BCUT2D eigenvalue weighted by molar-refractivity contribution is -0.870. The fourth-order valence-electron chi connectivity index (χ4n) is 7.55. The van der Waals surface area contributed by atoms with Crippen LogP contribution in [0.25, 0.3) is 0 Å². The number of likely N-dealkylation sites (N-methyl/N-ethyl adjacent to an activating group) is 1. The van der Waals surface area contributed by atoms with Crippen LogP contribution >= 0.6 is 7.82 Å². The summed E-state index contributed by atoms with van der Waals surface area (Å²) in [5.41, 5.74) is 0. The van der Waals surface area contributed by atoms with Crippen LogP contribution in [-0.4, -0.2) is 74.9 Å². The van der Waals surface area contributed by atoms with Crippen molar-refractivity contribution in [3.63, 3.8) is 0 Å². The number of allylic oxidation sites excluding steroid dienone is 8. The van der Waals surface area contributed by atoms with Crippen LogP contribution in [0.3, 0.4) is 0 Å². The molecule has 0 bridgehead atoms. The largest absolute Gasteiger partial charge is 0.472 e. The first-order chi connectivity index (χ1) is 32.0. The number of hydrogen-bond acceptors (Lipinski definition) is 7. The van der Waals surface area contributed by atoms with E-state index in [-0.39, 0.29) is 32.0 Å². The number of rotatable bonds is 50. The summed E-state index contributed by atoms with van der Waals surface area (Å²) in [7, 11) is 1.47. The maximum Gasteiger partial charge on any atom is 0.472 e. The van der Waals surface area contributed by atoms with Crippen LogP contribution in [0.4, 0.5) is 0 Å². The summed E-state index contributed by atoms with van der Waals surface area (Å²) in [6.07, 6.45) is 58.9. The van der Waals surface area contributed by atoms with Crippen molar-refractivity contribution in [3.8, 4) is 0 Å². The molecule has 0 saturated carbocycles. The van der Waals surface area contributed by atoms with Crippen molar-refractivity contribution in [1.82, 2.24) is 0 Å².